The predicted molar refractivity (Wildman–Crippen MR) is 88.4 cm³/mol. The lowest BCUT2D eigenvalue weighted by Gasteiger charge is -2.20. The van der Waals surface area contributed by atoms with Crippen molar-refractivity contribution in [3.05, 3.63) is 84.7 Å². The molecule has 0 fully saturated rings. The Kier molecular flexibility index (Phi) is 4.06. The molecule has 1 amide bonds. The second kappa shape index (κ2) is 6.32. The molecule has 0 unspecified atom stereocenters. The molecule has 4 heteroatoms. The summed E-state index contributed by atoms with van der Waals surface area (Å²) < 4.78 is 14.5. The molecular formula is C19H14FNO2. The molecule has 0 aromatic heterocycles. The number of carboxylic acid groups (broad SMARTS) is 1. The number of halogens is 1. The maximum absolute atomic E-state index is 14.5. The number of hydrogen-bond donors (Lipinski definition) is 1. The average molecular weight is 307 g/mol. The maximum Gasteiger partial charge on any atom is 0.416 e. The van der Waals surface area contributed by atoms with E-state index in [-0.39, 0.29) is 5.69 Å². The summed E-state index contributed by atoms with van der Waals surface area (Å²) in [4.78, 5) is 12.6. The van der Waals surface area contributed by atoms with Crippen LogP contribution in [0.2, 0.25) is 0 Å². The van der Waals surface area contributed by atoms with Crippen LogP contribution in [0, 0.1) is 5.82 Å². The molecule has 0 atom stereocenters. The first-order valence-electron chi connectivity index (χ1n) is 7.10. The molecule has 0 saturated heterocycles. The number of nitrogens with zero attached hydrogens (tertiary/aromatic N) is 1. The number of anilines is 2. The fourth-order valence-corrected chi connectivity index (χ4v) is 2.44. The number of amides is 1. The van der Waals surface area contributed by atoms with Gasteiger partial charge < -0.3 is 5.11 Å². The van der Waals surface area contributed by atoms with Crippen molar-refractivity contribution in [2.24, 2.45) is 0 Å². The molecule has 0 aliphatic carbocycles. The summed E-state index contributed by atoms with van der Waals surface area (Å²) in [7, 11) is 0. The Balaban J connectivity index is 2.03. The Hall–Kier alpha value is -3.14. The highest BCUT2D eigenvalue weighted by molar-refractivity contribution is 5.95. The topological polar surface area (TPSA) is 40.5 Å². The van der Waals surface area contributed by atoms with Crippen LogP contribution in [0.1, 0.15) is 0 Å². The normalized spacial score (nSPS) is 10.3. The first kappa shape index (κ1) is 14.8. The molecule has 3 rings (SSSR count). The molecule has 0 radical (unpaired) electrons. The van der Waals surface area contributed by atoms with E-state index in [2.05, 4.69) is 0 Å². The lowest BCUT2D eigenvalue weighted by molar-refractivity contribution is 0.205. The molecule has 3 aromatic carbocycles. The van der Waals surface area contributed by atoms with Gasteiger partial charge >= 0.3 is 6.09 Å². The van der Waals surface area contributed by atoms with E-state index in [1.165, 1.54) is 6.07 Å². The summed E-state index contributed by atoms with van der Waals surface area (Å²) in [6, 6.07) is 22.2. The molecule has 0 saturated carbocycles. The summed E-state index contributed by atoms with van der Waals surface area (Å²) in [5, 5.41) is 9.46. The molecule has 0 bridgehead atoms. The van der Waals surface area contributed by atoms with Gasteiger partial charge in [0.15, 0.2) is 0 Å². The van der Waals surface area contributed by atoms with E-state index in [1.807, 2.05) is 30.3 Å². The first-order valence-corrected chi connectivity index (χ1v) is 7.10. The smallest absolute Gasteiger partial charge is 0.416 e. The maximum atomic E-state index is 14.5. The number of carbonyl (C=O) groups is 1. The third-order valence-corrected chi connectivity index (χ3v) is 3.50. The highest BCUT2D eigenvalue weighted by Crippen LogP contribution is 2.30. The first-order chi connectivity index (χ1) is 11.2. The van der Waals surface area contributed by atoms with Crippen LogP contribution >= 0.6 is 0 Å². The Morgan fingerprint density at radius 1 is 0.826 bits per heavy atom. The van der Waals surface area contributed by atoms with Gasteiger partial charge in [0, 0.05) is 5.56 Å². The fraction of sp³-hybridized carbons (Fsp3) is 0. The fourth-order valence-electron chi connectivity index (χ4n) is 2.44. The van der Waals surface area contributed by atoms with Gasteiger partial charge in [0.05, 0.1) is 11.4 Å². The van der Waals surface area contributed by atoms with E-state index in [4.69, 9.17) is 0 Å². The van der Waals surface area contributed by atoms with Crippen molar-refractivity contribution in [2.45, 2.75) is 0 Å². The molecule has 3 nitrogen and oxygen atoms in total. The van der Waals surface area contributed by atoms with Crippen molar-refractivity contribution < 1.29 is 14.3 Å². The standard InChI is InChI=1S/C19H14FNO2/c20-18-13-16(11-12-17(18)14-7-3-1-4-8-14)21(19(22)23)15-9-5-2-6-10-15/h1-13H,(H,22,23). The minimum atomic E-state index is -1.16. The minimum absolute atomic E-state index is 0.265. The van der Waals surface area contributed by atoms with Crippen molar-refractivity contribution in [1.29, 1.82) is 0 Å². The van der Waals surface area contributed by atoms with Crippen LogP contribution < -0.4 is 4.90 Å². The van der Waals surface area contributed by atoms with E-state index in [1.54, 1.807) is 42.5 Å². The van der Waals surface area contributed by atoms with E-state index in [0.717, 1.165) is 10.5 Å². The number of benzene rings is 3. The molecule has 0 aliphatic heterocycles. The number of rotatable bonds is 3. The quantitative estimate of drug-likeness (QED) is 0.712. The van der Waals surface area contributed by atoms with Crippen molar-refractivity contribution in [2.75, 3.05) is 4.90 Å². The highest BCUT2D eigenvalue weighted by Gasteiger charge is 2.18. The van der Waals surface area contributed by atoms with Gasteiger partial charge in [-0.15, -0.1) is 0 Å². The van der Waals surface area contributed by atoms with Crippen molar-refractivity contribution in [3.8, 4) is 11.1 Å². The molecule has 0 heterocycles. The Labute approximate surface area is 133 Å². The lowest BCUT2D eigenvalue weighted by Crippen LogP contribution is -2.23. The second-order valence-electron chi connectivity index (χ2n) is 4.98. The van der Waals surface area contributed by atoms with Gasteiger partial charge in [-0.05, 0) is 35.9 Å². The number of hydrogen-bond acceptors (Lipinski definition) is 1. The van der Waals surface area contributed by atoms with Crippen LogP contribution in [0.25, 0.3) is 11.1 Å². The summed E-state index contributed by atoms with van der Waals surface area (Å²) in [6.45, 7) is 0. The zero-order chi connectivity index (χ0) is 16.2. The van der Waals surface area contributed by atoms with E-state index in [9.17, 15) is 14.3 Å². The van der Waals surface area contributed by atoms with Crippen LogP contribution in [0.4, 0.5) is 20.6 Å². The van der Waals surface area contributed by atoms with Gasteiger partial charge in [-0.3, -0.25) is 0 Å². The highest BCUT2D eigenvalue weighted by atomic mass is 19.1. The zero-order valence-corrected chi connectivity index (χ0v) is 12.2. The molecule has 1 N–H and O–H groups in total. The van der Waals surface area contributed by atoms with Gasteiger partial charge in [0.2, 0.25) is 0 Å². The number of para-hydroxylation sites is 1. The van der Waals surface area contributed by atoms with Gasteiger partial charge in [0.25, 0.3) is 0 Å². The molecule has 114 valence electrons. The second-order valence-corrected chi connectivity index (χ2v) is 4.98. The lowest BCUT2D eigenvalue weighted by atomic mass is 10.0. The van der Waals surface area contributed by atoms with Gasteiger partial charge in [-0.25, -0.2) is 14.1 Å². The predicted octanol–water partition coefficient (Wildman–Crippen LogP) is 5.31. The van der Waals surface area contributed by atoms with Gasteiger partial charge in [0.1, 0.15) is 5.82 Å². The summed E-state index contributed by atoms with van der Waals surface area (Å²) in [6.07, 6.45) is -1.16. The summed E-state index contributed by atoms with van der Waals surface area (Å²) >= 11 is 0. The van der Waals surface area contributed by atoms with Crippen LogP contribution in [0.5, 0.6) is 0 Å². The Morgan fingerprint density at radius 3 is 2.00 bits per heavy atom. The SMILES string of the molecule is O=C(O)N(c1ccccc1)c1ccc(-c2ccccc2)c(F)c1. The third-order valence-electron chi connectivity index (χ3n) is 3.50. The van der Waals surface area contributed by atoms with Gasteiger partial charge in [-0.1, -0.05) is 48.5 Å². The van der Waals surface area contributed by atoms with E-state index >= 15 is 0 Å². The van der Waals surface area contributed by atoms with Crippen molar-refractivity contribution in [1.82, 2.24) is 0 Å². The van der Waals surface area contributed by atoms with Crippen molar-refractivity contribution in [3.63, 3.8) is 0 Å². The molecule has 0 aliphatic rings. The average Bonchev–Trinajstić information content (AvgIpc) is 2.57. The third kappa shape index (κ3) is 3.06. The molecule has 3 aromatic rings. The summed E-state index contributed by atoms with van der Waals surface area (Å²) in [5.41, 5.74) is 1.92. The monoisotopic (exact) mass is 307 g/mol. The van der Waals surface area contributed by atoms with Crippen molar-refractivity contribution >= 4 is 17.5 Å². The van der Waals surface area contributed by atoms with E-state index in [0.29, 0.717) is 11.3 Å². The zero-order valence-electron chi connectivity index (χ0n) is 12.2. The largest absolute Gasteiger partial charge is 0.464 e. The molecular weight excluding hydrogens is 293 g/mol. The van der Waals surface area contributed by atoms with Crippen LogP contribution in [-0.4, -0.2) is 11.2 Å². The Bertz CT molecular complexity index is 819. The van der Waals surface area contributed by atoms with Crippen LogP contribution in [-0.2, 0) is 0 Å². The van der Waals surface area contributed by atoms with Crippen LogP contribution in [0.3, 0.4) is 0 Å². The molecule has 0 spiro atoms. The van der Waals surface area contributed by atoms with E-state index < -0.39 is 11.9 Å². The van der Waals surface area contributed by atoms with Crippen LogP contribution in [0.15, 0.2) is 78.9 Å². The minimum Gasteiger partial charge on any atom is -0.464 e. The Morgan fingerprint density at radius 2 is 1.43 bits per heavy atom. The molecule has 23 heavy (non-hydrogen) atoms. The van der Waals surface area contributed by atoms with Gasteiger partial charge in [-0.2, -0.15) is 0 Å². The summed E-state index contributed by atoms with van der Waals surface area (Å²) in [5.74, 6) is -0.462.